The third kappa shape index (κ3) is 3.98. The molecule has 1 N–H and O–H groups in total. The highest BCUT2D eigenvalue weighted by atomic mass is 16.5. The lowest BCUT2D eigenvalue weighted by Gasteiger charge is -2.22. The van der Waals surface area contributed by atoms with Gasteiger partial charge < -0.3 is 9.84 Å². The highest BCUT2D eigenvalue weighted by Gasteiger charge is 2.23. The topological polar surface area (TPSA) is 42.4 Å². The van der Waals surface area contributed by atoms with Gasteiger partial charge in [0, 0.05) is 19.4 Å². The van der Waals surface area contributed by atoms with Crippen LogP contribution in [0.4, 0.5) is 0 Å². The number of hydrogen-bond acceptors (Lipinski definition) is 3. The molecule has 0 spiro atoms. The summed E-state index contributed by atoms with van der Waals surface area (Å²) >= 11 is 0. The van der Waals surface area contributed by atoms with Gasteiger partial charge in [-0.15, -0.1) is 0 Å². The first-order valence-electron chi connectivity index (χ1n) is 5.38. The molecule has 1 atom stereocenters. The predicted molar refractivity (Wildman–Crippen MR) is 59.5 cm³/mol. The zero-order valence-corrected chi connectivity index (χ0v) is 9.44. The van der Waals surface area contributed by atoms with Crippen LogP contribution in [0.3, 0.4) is 0 Å². The van der Waals surface area contributed by atoms with E-state index in [-0.39, 0.29) is 0 Å². The highest BCUT2D eigenvalue weighted by Crippen LogP contribution is 2.23. The van der Waals surface area contributed by atoms with Crippen molar-refractivity contribution in [1.29, 1.82) is 0 Å². The summed E-state index contributed by atoms with van der Waals surface area (Å²) in [7, 11) is 0. The quantitative estimate of drug-likeness (QED) is 0.730. The van der Waals surface area contributed by atoms with Crippen LogP contribution in [-0.2, 0) is 10.3 Å². The minimum Gasteiger partial charge on any atom is -0.384 e. The Morgan fingerprint density at radius 3 is 2.87 bits per heavy atom. The van der Waals surface area contributed by atoms with E-state index < -0.39 is 5.60 Å². The van der Waals surface area contributed by atoms with Gasteiger partial charge >= 0.3 is 0 Å². The van der Waals surface area contributed by atoms with Crippen molar-refractivity contribution in [1.82, 2.24) is 4.98 Å². The van der Waals surface area contributed by atoms with E-state index >= 15 is 0 Å². The Kier molecular flexibility index (Phi) is 4.72. The average molecular weight is 209 g/mol. The van der Waals surface area contributed by atoms with Crippen molar-refractivity contribution in [2.75, 3.05) is 13.2 Å². The number of rotatable bonds is 6. The van der Waals surface area contributed by atoms with Crippen molar-refractivity contribution in [2.45, 2.75) is 32.3 Å². The summed E-state index contributed by atoms with van der Waals surface area (Å²) in [4.78, 5) is 4.16. The lowest BCUT2D eigenvalue weighted by atomic mass is 9.96. The number of nitrogens with zero attached hydrogens (tertiary/aromatic N) is 1. The van der Waals surface area contributed by atoms with E-state index in [0.717, 1.165) is 18.7 Å². The summed E-state index contributed by atoms with van der Waals surface area (Å²) < 4.78 is 5.23. The molecule has 1 heterocycles. The van der Waals surface area contributed by atoms with Crippen molar-refractivity contribution in [2.24, 2.45) is 0 Å². The smallest absolute Gasteiger partial charge is 0.104 e. The van der Waals surface area contributed by atoms with Gasteiger partial charge in [0.25, 0.3) is 0 Å². The molecule has 0 saturated heterocycles. The van der Waals surface area contributed by atoms with Crippen LogP contribution in [-0.4, -0.2) is 23.3 Å². The monoisotopic (exact) mass is 209 g/mol. The molecule has 1 aromatic rings. The first-order valence-corrected chi connectivity index (χ1v) is 5.38. The van der Waals surface area contributed by atoms with E-state index in [1.165, 1.54) is 0 Å². The summed E-state index contributed by atoms with van der Waals surface area (Å²) in [5.41, 5.74) is -0.125. The molecule has 0 aliphatic carbocycles. The lowest BCUT2D eigenvalue weighted by molar-refractivity contribution is 0.0299. The fourth-order valence-electron chi connectivity index (χ4n) is 1.47. The van der Waals surface area contributed by atoms with Gasteiger partial charge in [0.2, 0.25) is 0 Å². The van der Waals surface area contributed by atoms with E-state index in [0.29, 0.717) is 13.0 Å². The van der Waals surface area contributed by atoms with Crippen molar-refractivity contribution < 1.29 is 9.84 Å². The summed E-state index contributed by atoms with van der Waals surface area (Å²) in [6.45, 7) is 5.18. The van der Waals surface area contributed by atoms with Crippen molar-refractivity contribution >= 4 is 0 Å². The molecule has 0 radical (unpaired) electrons. The molecule has 1 aromatic heterocycles. The fourth-order valence-corrected chi connectivity index (χ4v) is 1.47. The number of aromatic nitrogens is 1. The van der Waals surface area contributed by atoms with Crippen LogP contribution < -0.4 is 0 Å². The fraction of sp³-hybridized carbons (Fsp3) is 0.583. The summed E-state index contributed by atoms with van der Waals surface area (Å²) in [6, 6.07) is 5.58. The Morgan fingerprint density at radius 1 is 1.47 bits per heavy atom. The zero-order chi connectivity index (χ0) is 11.1. The van der Waals surface area contributed by atoms with Gasteiger partial charge in [0.15, 0.2) is 0 Å². The largest absolute Gasteiger partial charge is 0.384 e. The van der Waals surface area contributed by atoms with Crippen LogP contribution in [0, 0.1) is 0 Å². The number of pyridine rings is 1. The molecule has 0 saturated carbocycles. The van der Waals surface area contributed by atoms with Gasteiger partial charge in [-0.05, 0) is 38.8 Å². The van der Waals surface area contributed by atoms with Crippen LogP contribution >= 0.6 is 0 Å². The molecule has 1 rings (SSSR count). The Bertz CT molecular complexity index is 272. The Morgan fingerprint density at radius 2 is 2.27 bits per heavy atom. The maximum Gasteiger partial charge on any atom is 0.104 e. The molecule has 0 aliphatic heterocycles. The maximum atomic E-state index is 10.2. The minimum absolute atomic E-state index is 0.671. The molecule has 3 nitrogen and oxygen atoms in total. The summed E-state index contributed by atoms with van der Waals surface area (Å²) in [5, 5.41) is 10.2. The van der Waals surface area contributed by atoms with Crippen LogP contribution in [0.2, 0.25) is 0 Å². The normalized spacial score (nSPS) is 14.9. The van der Waals surface area contributed by atoms with Gasteiger partial charge in [-0.25, -0.2) is 0 Å². The standard InChI is InChI=1S/C12H19NO2/c1-3-15-10-6-8-12(2,14)11-7-4-5-9-13-11/h4-5,7,9,14H,3,6,8,10H2,1-2H3. The van der Waals surface area contributed by atoms with Crippen LogP contribution in [0.5, 0.6) is 0 Å². The molecule has 15 heavy (non-hydrogen) atoms. The number of ether oxygens (including phenoxy) is 1. The van der Waals surface area contributed by atoms with Gasteiger partial charge in [-0.1, -0.05) is 6.07 Å². The van der Waals surface area contributed by atoms with Gasteiger partial charge in [0.1, 0.15) is 5.60 Å². The van der Waals surface area contributed by atoms with E-state index in [2.05, 4.69) is 4.98 Å². The van der Waals surface area contributed by atoms with E-state index in [1.807, 2.05) is 25.1 Å². The van der Waals surface area contributed by atoms with Crippen LogP contribution in [0.15, 0.2) is 24.4 Å². The van der Waals surface area contributed by atoms with Crippen LogP contribution in [0.25, 0.3) is 0 Å². The van der Waals surface area contributed by atoms with Gasteiger partial charge in [-0.2, -0.15) is 0 Å². The molecule has 84 valence electrons. The minimum atomic E-state index is -0.849. The average Bonchev–Trinajstić information content (AvgIpc) is 2.26. The third-order valence-corrected chi connectivity index (χ3v) is 2.37. The molecule has 1 unspecified atom stereocenters. The number of aliphatic hydroxyl groups is 1. The molecule has 0 aliphatic rings. The molecule has 0 amide bonds. The SMILES string of the molecule is CCOCCCC(C)(O)c1ccccn1. The maximum absolute atomic E-state index is 10.2. The molecule has 0 bridgehead atoms. The predicted octanol–water partition coefficient (Wildman–Crippen LogP) is 2.11. The first kappa shape index (κ1) is 12.1. The van der Waals surface area contributed by atoms with E-state index in [9.17, 15) is 5.11 Å². The first-order chi connectivity index (χ1) is 7.17. The van der Waals surface area contributed by atoms with Gasteiger partial charge in [0.05, 0.1) is 5.69 Å². The van der Waals surface area contributed by atoms with Crippen molar-refractivity contribution in [3.05, 3.63) is 30.1 Å². The van der Waals surface area contributed by atoms with E-state index in [1.54, 1.807) is 13.1 Å². The molecular weight excluding hydrogens is 190 g/mol. The molecular formula is C12H19NO2. The van der Waals surface area contributed by atoms with Crippen molar-refractivity contribution in [3.63, 3.8) is 0 Å². The molecule has 3 heteroatoms. The second-order valence-electron chi connectivity index (χ2n) is 3.79. The third-order valence-electron chi connectivity index (χ3n) is 2.37. The van der Waals surface area contributed by atoms with Crippen molar-refractivity contribution in [3.8, 4) is 0 Å². The zero-order valence-electron chi connectivity index (χ0n) is 9.44. The number of hydrogen-bond donors (Lipinski definition) is 1. The lowest BCUT2D eigenvalue weighted by Crippen LogP contribution is -2.23. The van der Waals surface area contributed by atoms with Crippen LogP contribution in [0.1, 0.15) is 32.4 Å². The second kappa shape index (κ2) is 5.83. The van der Waals surface area contributed by atoms with Gasteiger partial charge in [-0.3, -0.25) is 4.98 Å². The molecule has 0 fully saturated rings. The Balaban J connectivity index is 2.45. The Hall–Kier alpha value is -0.930. The summed E-state index contributed by atoms with van der Waals surface area (Å²) in [6.07, 6.45) is 3.22. The highest BCUT2D eigenvalue weighted by molar-refractivity contribution is 5.11. The Labute approximate surface area is 91.1 Å². The molecule has 0 aromatic carbocycles. The second-order valence-corrected chi connectivity index (χ2v) is 3.79. The van der Waals surface area contributed by atoms with E-state index in [4.69, 9.17) is 4.74 Å². The summed E-state index contributed by atoms with van der Waals surface area (Å²) in [5.74, 6) is 0.